The molecular weight excluding hydrogens is 356 g/mol. The summed E-state index contributed by atoms with van der Waals surface area (Å²) in [5.74, 6) is -2.18. The lowest BCUT2D eigenvalue weighted by Crippen LogP contribution is -2.50. The predicted molar refractivity (Wildman–Crippen MR) is 82.3 cm³/mol. The van der Waals surface area contributed by atoms with Crippen LogP contribution in [0.15, 0.2) is 33.7 Å². The van der Waals surface area contributed by atoms with Gasteiger partial charge in [0.1, 0.15) is 17.4 Å². The van der Waals surface area contributed by atoms with Crippen LogP contribution in [0.2, 0.25) is 0 Å². The van der Waals surface area contributed by atoms with E-state index in [0.29, 0.717) is 5.76 Å². The quantitative estimate of drug-likeness (QED) is 0.815. The lowest BCUT2D eigenvalue weighted by atomic mass is 10.3. The van der Waals surface area contributed by atoms with Gasteiger partial charge in [0.15, 0.2) is 10.6 Å². The number of hydrogen-bond acceptors (Lipinski definition) is 5. The van der Waals surface area contributed by atoms with Crippen molar-refractivity contribution in [1.82, 2.24) is 14.4 Å². The summed E-state index contributed by atoms with van der Waals surface area (Å²) in [7, 11) is -4.32. The minimum atomic E-state index is -4.32. The fraction of sp³-hybridized carbons (Fsp3) is 0.333. The first-order valence-electron chi connectivity index (χ1n) is 7.47. The minimum Gasteiger partial charge on any atom is -0.361 e. The first-order chi connectivity index (χ1) is 11.8. The molecule has 0 aliphatic carbocycles. The van der Waals surface area contributed by atoms with Gasteiger partial charge in [0.05, 0.1) is 0 Å². The molecule has 1 saturated heterocycles. The van der Waals surface area contributed by atoms with Gasteiger partial charge >= 0.3 is 0 Å². The molecule has 1 fully saturated rings. The summed E-state index contributed by atoms with van der Waals surface area (Å²) in [4.78, 5) is 12.7. The van der Waals surface area contributed by atoms with E-state index in [4.69, 9.17) is 4.52 Å². The SMILES string of the molecule is Cc1cc(C(=O)N2CCN(S(=O)(=O)c3c(F)cccc3F)CC2)no1. The Bertz CT molecular complexity index is 885. The molecule has 0 bridgehead atoms. The van der Waals surface area contributed by atoms with Gasteiger partial charge in [0, 0.05) is 32.2 Å². The van der Waals surface area contributed by atoms with Gasteiger partial charge in [0.2, 0.25) is 10.0 Å². The van der Waals surface area contributed by atoms with Crippen LogP contribution in [0.5, 0.6) is 0 Å². The van der Waals surface area contributed by atoms with E-state index >= 15 is 0 Å². The average molecular weight is 371 g/mol. The first kappa shape index (κ1) is 17.5. The molecule has 0 radical (unpaired) electrons. The zero-order valence-corrected chi connectivity index (χ0v) is 14.1. The second kappa shape index (κ2) is 6.52. The van der Waals surface area contributed by atoms with Crippen LogP contribution in [0.25, 0.3) is 0 Å². The monoisotopic (exact) mass is 371 g/mol. The Hall–Kier alpha value is -2.33. The standard InChI is InChI=1S/C15H15F2N3O4S/c1-10-9-13(18-24-10)15(21)19-5-7-20(8-6-19)25(22,23)14-11(16)3-2-4-12(14)17/h2-4,9H,5-8H2,1H3. The summed E-state index contributed by atoms with van der Waals surface area (Å²) in [6.45, 7) is 1.68. The average Bonchev–Trinajstić information content (AvgIpc) is 3.00. The van der Waals surface area contributed by atoms with Crippen LogP contribution < -0.4 is 0 Å². The number of aryl methyl sites for hydroxylation is 1. The van der Waals surface area contributed by atoms with E-state index in [1.165, 1.54) is 11.0 Å². The second-order valence-corrected chi connectivity index (χ2v) is 7.44. The van der Waals surface area contributed by atoms with Crippen molar-refractivity contribution in [2.45, 2.75) is 11.8 Å². The van der Waals surface area contributed by atoms with E-state index in [2.05, 4.69) is 5.16 Å². The third kappa shape index (κ3) is 3.27. The lowest BCUT2D eigenvalue weighted by molar-refractivity contribution is 0.0687. The molecule has 0 N–H and O–H groups in total. The fourth-order valence-electron chi connectivity index (χ4n) is 2.62. The Morgan fingerprint density at radius 2 is 1.76 bits per heavy atom. The van der Waals surface area contributed by atoms with Crippen molar-refractivity contribution in [1.29, 1.82) is 0 Å². The van der Waals surface area contributed by atoms with Crippen LogP contribution in [-0.4, -0.2) is 54.9 Å². The van der Waals surface area contributed by atoms with Crippen molar-refractivity contribution in [3.63, 3.8) is 0 Å². The highest BCUT2D eigenvalue weighted by Gasteiger charge is 2.34. The molecule has 0 unspecified atom stereocenters. The summed E-state index contributed by atoms with van der Waals surface area (Å²) in [5.41, 5.74) is 0.133. The van der Waals surface area contributed by atoms with Crippen molar-refractivity contribution >= 4 is 15.9 Å². The smallest absolute Gasteiger partial charge is 0.276 e. The number of amides is 1. The summed E-state index contributed by atoms with van der Waals surface area (Å²) in [6, 6.07) is 4.37. The Balaban J connectivity index is 1.75. The Labute approximate surface area is 142 Å². The zero-order valence-electron chi connectivity index (χ0n) is 13.3. The highest BCUT2D eigenvalue weighted by Crippen LogP contribution is 2.23. The van der Waals surface area contributed by atoms with Gasteiger partial charge in [-0.2, -0.15) is 4.31 Å². The van der Waals surface area contributed by atoms with E-state index in [0.717, 1.165) is 22.5 Å². The third-order valence-corrected chi connectivity index (χ3v) is 5.84. The van der Waals surface area contributed by atoms with Crippen molar-refractivity contribution in [2.75, 3.05) is 26.2 Å². The molecule has 1 aliphatic heterocycles. The van der Waals surface area contributed by atoms with Crippen molar-refractivity contribution < 1.29 is 26.5 Å². The van der Waals surface area contributed by atoms with Gasteiger partial charge in [0.25, 0.3) is 5.91 Å². The molecule has 3 rings (SSSR count). The molecule has 2 aromatic rings. The molecular formula is C15H15F2N3O4S. The minimum absolute atomic E-state index is 0.0708. The molecule has 0 atom stereocenters. The number of carbonyl (C=O) groups is 1. The summed E-state index contributed by atoms with van der Waals surface area (Å²) in [5, 5.41) is 3.63. The molecule has 0 spiro atoms. The van der Waals surface area contributed by atoms with Crippen LogP contribution in [0.1, 0.15) is 16.2 Å². The Morgan fingerprint density at radius 3 is 2.28 bits per heavy atom. The van der Waals surface area contributed by atoms with E-state index in [1.807, 2.05) is 0 Å². The Morgan fingerprint density at radius 1 is 1.16 bits per heavy atom. The number of benzene rings is 1. The third-order valence-electron chi connectivity index (χ3n) is 3.89. The number of sulfonamides is 1. The van der Waals surface area contributed by atoms with Gasteiger partial charge < -0.3 is 9.42 Å². The molecule has 134 valence electrons. The maximum Gasteiger partial charge on any atom is 0.276 e. The van der Waals surface area contributed by atoms with Gasteiger partial charge in [-0.3, -0.25) is 4.79 Å². The van der Waals surface area contributed by atoms with Gasteiger partial charge in [-0.1, -0.05) is 11.2 Å². The zero-order chi connectivity index (χ0) is 18.2. The molecule has 2 heterocycles. The highest BCUT2D eigenvalue weighted by atomic mass is 32.2. The second-order valence-electron chi connectivity index (χ2n) is 5.57. The van der Waals surface area contributed by atoms with E-state index in [-0.39, 0.29) is 37.8 Å². The summed E-state index contributed by atoms with van der Waals surface area (Å²) < 4.78 is 58.4. The number of rotatable bonds is 3. The number of piperazine rings is 1. The van der Waals surface area contributed by atoms with Crippen LogP contribution in [-0.2, 0) is 10.0 Å². The van der Waals surface area contributed by atoms with Crippen LogP contribution in [0.4, 0.5) is 8.78 Å². The predicted octanol–water partition coefficient (Wildman–Crippen LogP) is 1.41. The van der Waals surface area contributed by atoms with Crippen molar-refractivity contribution in [3.05, 3.63) is 47.4 Å². The van der Waals surface area contributed by atoms with E-state index in [1.54, 1.807) is 6.92 Å². The van der Waals surface area contributed by atoms with Crippen LogP contribution in [0, 0.1) is 18.6 Å². The van der Waals surface area contributed by atoms with Crippen molar-refractivity contribution in [3.8, 4) is 0 Å². The lowest BCUT2D eigenvalue weighted by Gasteiger charge is -2.33. The summed E-state index contributed by atoms with van der Waals surface area (Å²) >= 11 is 0. The number of halogens is 2. The summed E-state index contributed by atoms with van der Waals surface area (Å²) in [6.07, 6.45) is 0. The van der Waals surface area contributed by atoms with Crippen LogP contribution >= 0.6 is 0 Å². The molecule has 0 saturated carbocycles. The normalized spacial score (nSPS) is 16.2. The molecule has 1 aliphatic rings. The van der Waals surface area contributed by atoms with Crippen LogP contribution in [0.3, 0.4) is 0 Å². The number of hydrogen-bond donors (Lipinski definition) is 0. The number of aromatic nitrogens is 1. The molecule has 10 heteroatoms. The molecule has 25 heavy (non-hydrogen) atoms. The molecule has 1 aromatic heterocycles. The largest absolute Gasteiger partial charge is 0.361 e. The molecule has 7 nitrogen and oxygen atoms in total. The van der Waals surface area contributed by atoms with Gasteiger partial charge in [-0.05, 0) is 19.1 Å². The van der Waals surface area contributed by atoms with E-state index in [9.17, 15) is 22.0 Å². The fourth-order valence-corrected chi connectivity index (χ4v) is 4.15. The van der Waals surface area contributed by atoms with Gasteiger partial charge in [-0.25, -0.2) is 17.2 Å². The maximum atomic E-state index is 13.8. The van der Waals surface area contributed by atoms with Gasteiger partial charge in [-0.15, -0.1) is 0 Å². The Kier molecular flexibility index (Phi) is 4.56. The number of carbonyl (C=O) groups excluding carboxylic acids is 1. The van der Waals surface area contributed by atoms with Crippen molar-refractivity contribution in [2.24, 2.45) is 0 Å². The molecule has 1 aromatic carbocycles. The first-order valence-corrected chi connectivity index (χ1v) is 8.91. The number of nitrogens with zero attached hydrogens (tertiary/aromatic N) is 3. The highest BCUT2D eigenvalue weighted by molar-refractivity contribution is 7.89. The van der Waals surface area contributed by atoms with E-state index < -0.39 is 26.6 Å². The topological polar surface area (TPSA) is 83.7 Å². The molecule has 1 amide bonds. The maximum absolute atomic E-state index is 13.8.